The van der Waals surface area contributed by atoms with Crippen molar-refractivity contribution in [3.05, 3.63) is 34.7 Å². The Labute approximate surface area is 118 Å². The number of rotatable bonds is 2. The lowest BCUT2D eigenvalue weighted by molar-refractivity contribution is 0.347. The predicted molar refractivity (Wildman–Crippen MR) is 82.3 cm³/mol. The maximum Gasteiger partial charge on any atom is 0.0963 e. The molecule has 3 heteroatoms. The van der Waals surface area contributed by atoms with Crippen molar-refractivity contribution in [2.45, 2.75) is 38.5 Å². The summed E-state index contributed by atoms with van der Waals surface area (Å²) in [7, 11) is 0. The molecule has 1 aliphatic rings. The van der Waals surface area contributed by atoms with Crippen molar-refractivity contribution in [3.8, 4) is 11.3 Å². The first-order valence-corrected chi connectivity index (χ1v) is 7.91. The number of hydrogen-bond donors (Lipinski definition) is 1. The molecule has 0 amide bonds. The normalized spacial score (nSPS) is 23.4. The lowest BCUT2D eigenvalue weighted by atomic mass is 9.83. The van der Waals surface area contributed by atoms with E-state index in [9.17, 15) is 0 Å². The van der Waals surface area contributed by atoms with E-state index in [4.69, 9.17) is 10.7 Å². The number of anilines is 1. The van der Waals surface area contributed by atoms with E-state index in [0.29, 0.717) is 5.92 Å². The van der Waals surface area contributed by atoms with Gasteiger partial charge in [0.2, 0.25) is 0 Å². The van der Waals surface area contributed by atoms with Crippen molar-refractivity contribution in [2.24, 2.45) is 5.92 Å². The monoisotopic (exact) mass is 272 g/mol. The van der Waals surface area contributed by atoms with Crippen molar-refractivity contribution in [1.29, 1.82) is 0 Å². The summed E-state index contributed by atoms with van der Waals surface area (Å²) in [6.07, 6.45) is 5.28. The molecule has 1 saturated carbocycles. The maximum absolute atomic E-state index is 5.84. The third-order valence-electron chi connectivity index (χ3n) is 4.07. The molecule has 0 radical (unpaired) electrons. The summed E-state index contributed by atoms with van der Waals surface area (Å²) in [4.78, 5) is 4.83. The molecular weight excluding hydrogens is 252 g/mol. The molecule has 0 aliphatic heterocycles. The van der Waals surface area contributed by atoms with Gasteiger partial charge < -0.3 is 5.73 Å². The van der Waals surface area contributed by atoms with Gasteiger partial charge in [-0.05, 0) is 30.9 Å². The van der Waals surface area contributed by atoms with Crippen LogP contribution in [0.2, 0.25) is 0 Å². The second-order valence-corrected chi connectivity index (χ2v) is 6.54. The first kappa shape index (κ1) is 12.7. The van der Waals surface area contributed by atoms with E-state index < -0.39 is 0 Å². The van der Waals surface area contributed by atoms with Crippen molar-refractivity contribution < 1.29 is 0 Å². The summed E-state index contributed by atoms with van der Waals surface area (Å²) in [6.45, 7) is 2.36. The zero-order chi connectivity index (χ0) is 13.2. The first-order valence-electron chi connectivity index (χ1n) is 7.03. The van der Waals surface area contributed by atoms with Crippen molar-refractivity contribution in [3.63, 3.8) is 0 Å². The molecule has 0 unspecified atom stereocenters. The van der Waals surface area contributed by atoms with Crippen LogP contribution in [0.1, 0.15) is 43.5 Å². The van der Waals surface area contributed by atoms with Gasteiger partial charge >= 0.3 is 0 Å². The summed E-state index contributed by atoms with van der Waals surface area (Å²) in [5.74, 6) is 1.57. The second-order valence-electron chi connectivity index (χ2n) is 5.65. The van der Waals surface area contributed by atoms with Crippen molar-refractivity contribution in [2.75, 3.05) is 5.73 Å². The number of nitrogens with two attached hydrogens (primary N) is 1. The Hall–Kier alpha value is -1.35. The van der Waals surface area contributed by atoms with Crippen LogP contribution >= 0.6 is 11.3 Å². The molecule has 3 rings (SSSR count). The fourth-order valence-electron chi connectivity index (χ4n) is 2.81. The average molecular weight is 272 g/mol. The Kier molecular flexibility index (Phi) is 3.56. The van der Waals surface area contributed by atoms with E-state index in [-0.39, 0.29) is 0 Å². The van der Waals surface area contributed by atoms with Crippen LogP contribution in [0, 0.1) is 5.92 Å². The van der Waals surface area contributed by atoms with Gasteiger partial charge in [-0.3, -0.25) is 0 Å². The van der Waals surface area contributed by atoms with Gasteiger partial charge in [-0.1, -0.05) is 31.9 Å². The van der Waals surface area contributed by atoms with Crippen LogP contribution in [-0.4, -0.2) is 4.98 Å². The summed E-state index contributed by atoms with van der Waals surface area (Å²) in [5, 5.41) is 3.48. The molecule has 0 atom stereocenters. The summed E-state index contributed by atoms with van der Waals surface area (Å²) < 4.78 is 0. The lowest BCUT2D eigenvalue weighted by Gasteiger charge is -2.24. The third-order valence-corrected chi connectivity index (χ3v) is 5.08. The van der Waals surface area contributed by atoms with E-state index in [1.54, 1.807) is 11.3 Å². The molecule has 1 heterocycles. The molecule has 1 aromatic heterocycles. The molecule has 1 fully saturated rings. The van der Waals surface area contributed by atoms with Gasteiger partial charge in [0.15, 0.2) is 0 Å². The summed E-state index contributed by atoms with van der Waals surface area (Å²) in [5.41, 5.74) is 8.85. The number of thiazole rings is 1. The molecule has 19 heavy (non-hydrogen) atoms. The molecule has 1 aromatic carbocycles. The maximum atomic E-state index is 5.84. The van der Waals surface area contributed by atoms with Gasteiger partial charge in [-0.15, -0.1) is 11.3 Å². The quantitative estimate of drug-likeness (QED) is 0.806. The molecule has 2 N–H and O–H groups in total. The molecule has 2 nitrogen and oxygen atoms in total. The molecular formula is C16H20N2S. The van der Waals surface area contributed by atoms with Gasteiger partial charge in [-0.25, -0.2) is 4.98 Å². The van der Waals surface area contributed by atoms with Crippen LogP contribution in [0.5, 0.6) is 0 Å². The van der Waals surface area contributed by atoms with Crippen LogP contribution < -0.4 is 5.73 Å². The SMILES string of the molecule is CC1CCC(c2nc(-c3cccc(N)c3)cs2)CC1. The topological polar surface area (TPSA) is 38.9 Å². The van der Waals surface area contributed by atoms with E-state index in [0.717, 1.165) is 22.9 Å². The van der Waals surface area contributed by atoms with E-state index in [1.807, 2.05) is 18.2 Å². The molecule has 1 aliphatic carbocycles. The van der Waals surface area contributed by atoms with Crippen molar-refractivity contribution in [1.82, 2.24) is 4.98 Å². The first-order chi connectivity index (χ1) is 9.22. The standard InChI is InChI=1S/C16H20N2S/c1-11-5-7-12(8-6-11)16-18-15(10-19-16)13-3-2-4-14(17)9-13/h2-4,9-12H,5-8,17H2,1H3. The highest BCUT2D eigenvalue weighted by Crippen LogP contribution is 2.38. The Balaban J connectivity index is 1.80. The van der Waals surface area contributed by atoms with E-state index in [1.165, 1.54) is 30.7 Å². The van der Waals surface area contributed by atoms with Crippen LogP contribution in [-0.2, 0) is 0 Å². The van der Waals surface area contributed by atoms with Gasteiger partial charge in [0.1, 0.15) is 0 Å². The number of benzene rings is 1. The van der Waals surface area contributed by atoms with Gasteiger partial charge in [0.25, 0.3) is 0 Å². The Morgan fingerprint density at radius 3 is 2.74 bits per heavy atom. The molecule has 0 saturated heterocycles. The minimum atomic E-state index is 0.677. The number of hydrogen-bond acceptors (Lipinski definition) is 3. The molecule has 0 spiro atoms. The molecule has 100 valence electrons. The lowest BCUT2D eigenvalue weighted by Crippen LogP contribution is -2.10. The fraction of sp³-hybridized carbons (Fsp3) is 0.438. The van der Waals surface area contributed by atoms with Gasteiger partial charge in [-0.2, -0.15) is 0 Å². The van der Waals surface area contributed by atoms with Crippen molar-refractivity contribution >= 4 is 17.0 Å². The Morgan fingerprint density at radius 2 is 2.00 bits per heavy atom. The van der Waals surface area contributed by atoms with Crippen LogP contribution in [0.25, 0.3) is 11.3 Å². The third kappa shape index (κ3) is 2.81. The summed E-state index contributed by atoms with van der Waals surface area (Å²) >= 11 is 1.81. The second kappa shape index (κ2) is 5.33. The smallest absolute Gasteiger partial charge is 0.0963 e. The zero-order valence-corrected chi connectivity index (χ0v) is 12.1. The van der Waals surface area contributed by atoms with E-state index in [2.05, 4.69) is 18.4 Å². The number of nitrogen functional groups attached to an aromatic ring is 1. The van der Waals surface area contributed by atoms with Crippen LogP contribution in [0.4, 0.5) is 5.69 Å². The Bertz CT molecular complexity index is 553. The zero-order valence-electron chi connectivity index (χ0n) is 11.3. The minimum absolute atomic E-state index is 0.677. The van der Waals surface area contributed by atoms with Crippen LogP contribution in [0.3, 0.4) is 0 Å². The predicted octanol–water partition coefficient (Wildman–Crippen LogP) is 4.69. The Morgan fingerprint density at radius 1 is 1.21 bits per heavy atom. The highest BCUT2D eigenvalue weighted by atomic mass is 32.1. The highest BCUT2D eigenvalue weighted by Gasteiger charge is 2.22. The molecule has 0 bridgehead atoms. The number of nitrogens with zero attached hydrogens (tertiary/aromatic N) is 1. The van der Waals surface area contributed by atoms with Gasteiger partial charge in [0, 0.05) is 22.5 Å². The summed E-state index contributed by atoms with van der Waals surface area (Å²) in [6, 6.07) is 7.99. The van der Waals surface area contributed by atoms with Gasteiger partial charge in [0.05, 0.1) is 10.7 Å². The number of aromatic nitrogens is 1. The average Bonchev–Trinajstić information content (AvgIpc) is 2.89. The largest absolute Gasteiger partial charge is 0.399 e. The molecule has 2 aromatic rings. The minimum Gasteiger partial charge on any atom is -0.399 e. The fourth-order valence-corrected chi connectivity index (χ4v) is 3.81. The highest BCUT2D eigenvalue weighted by molar-refractivity contribution is 7.10. The van der Waals surface area contributed by atoms with E-state index >= 15 is 0 Å². The van der Waals surface area contributed by atoms with Crippen LogP contribution in [0.15, 0.2) is 29.6 Å².